The highest BCUT2D eigenvalue weighted by atomic mass is 32.2. The minimum absolute atomic E-state index is 0.0168. The first kappa shape index (κ1) is 14.6. The SMILES string of the molecule is CC(=O)N=C1S[C@H]2CS(=O)(=O)C[C@@H]2N1Cc1ccccc1. The lowest BCUT2D eigenvalue weighted by Gasteiger charge is -2.24. The van der Waals surface area contributed by atoms with Crippen LogP contribution in [-0.4, -0.2) is 47.2 Å². The van der Waals surface area contributed by atoms with Crippen LogP contribution in [0.2, 0.25) is 0 Å². The van der Waals surface area contributed by atoms with Crippen LogP contribution in [0.25, 0.3) is 0 Å². The Hall–Kier alpha value is -1.34. The molecule has 1 aromatic carbocycles. The maximum Gasteiger partial charge on any atom is 0.244 e. The van der Waals surface area contributed by atoms with Crippen LogP contribution in [0.1, 0.15) is 12.5 Å². The predicted molar refractivity (Wildman–Crippen MR) is 83.9 cm³/mol. The number of aliphatic imine (C=N–C) groups is 1. The molecule has 1 aromatic rings. The van der Waals surface area contributed by atoms with Crippen LogP contribution < -0.4 is 0 Å². The summed E-state index contributed by atoms with van der Waals surface area (Å²) in [5.74, 6) is 0.0669. The fourth-order valence-corrected chi connectivity index (χ4v) is 6.73. The third-order valence-corrected chi connectivity index (χ3v) is 6.87. The maximum absolute atomic E-state index is 11.8. The molecule has 1 amide bonds. The highest BCUT2D eigenvalue weighted by Crippen LogP contribution is 2.38. The molecule has 0 unspecified atom stereocenters. The number of nitrogens with zero attached hydrogens (tertiary/aromatic N) is 2. The summed E-state index contributed by atoms with van der Waals surface area (Å²) in [5, 5.41) is 0.632. The summed E-state index contributed by atoms with van der Waals surface area (Å²) in [6.07, 6.45) is 0. The van der Waals surface area contributed by atoms with Crippen LogP contribution in [-0.2, 0) is 21.2 Å². The summed E-state index contributed by atoms with van der Waals surface area (Å²) >= 11 is 1.42. The van der Waals surface area contributed by atoms with Crippen molar-refractivity contribution in [2.24, 2.45) is 4.99 Å². The molecule has 3 rings (SSSR count). The van der Waals surface area contributed by atoms with Gasteiger partial charge in [-0.15, -0.1) is 0 Å². The number of amides is 1. The summed E-state index contributed by atoms with van der Waals surface area (Å²) in [4.78, 5) is 17.3. The van der Waals surface area contributed by atoms with Crippen molar-refractivity contribution >= 4 is 32.7 Å². The van der Waals surface area contributed by atoms with Crippen molar-refractivity contribution in [3.63, 3.8) is 0 Å². The molecule has 5 nitrogen and oxygen atoms in total. The molecule has 0 aromatic heterocycles. The Morgan fingerprint density at radius 2 is 2.05 bits per heavy atom. The summed E-state index contributed by atoms with van der Waals surface area (Å²) in [6, 6.07) is 9.74. The monoisotopic (exact) mass is 324 g/mol. The molecule has 2 heterocycles. The Bertz CT molecular complexity index is 685. The fourth-order valence-electron chi connectivity index (χ4n) is 2.74. The highest BCUT2D eigenvalue weighted by molar-refractivity contribution is 8.15. The summed E-state index contributed by atoms with van der Waals surface area (Å²) in [5.41, 5.74) is 1.08. The molecule has 0 aliphatic carbocycles. The second-order valence-corrected chi connectivity index (χ2v) is 8.69. The first-order chi connectivity index (χ1) is 9.94. The maximum atomic E-state index is 11.8. The van der Waals surface area contributed by atoms with E-state index < -0.39 is 9.84 Å². The zero-order valence-electron chi connectivity index (χ0n) is 11.6. The molecule has 0 saturated carbocycles. The molecule has 2 aliphatic heterocycles. The number of carbonyl (C=O) groups excluding carboxylic acids is 1. The first-order valence-corrected chi connectivity index (χ1v) is 9.41. The van der Waals surface area contributed by atoms with Gasteiger partial charge in [0.25, 0.3) is 0 Å². The van der Waals surface area contributed by atoms with Crippen molar-refractivity contribution in [2.75, 3.05) is 11.5 Å². The summed E-state index contributed by atoms with van der Waals surface area (Å²) in [7, 11) is -2.99. The highest BCUT2D eigenvalue weighted by Gasteiger charge is 2.48. The first-order valence-electron chi connectivity index (χ1n) is 6.71. The van der Waals surface area contributed by atoms with Crippen LogP contribution in [0.3, 0.4) is 0 Å². The van der Waals surface area contributed by atoms with Gasteiger partial charge in [0.15, 0.2) is 15.0 Å². The van der Waals surface area contributed by atoms with Gasteiger partial charge in [0.05, 0.1) is 17.5 Å². The number of sulfone groups is 1. The summed E-state index contributed by atoms with van der Waals surface area (Å²) in [6.45, 7) is 2.00. The molecule has 0 spiro atoms. The van der Waals surface area contributed by atoms with Gasteiger partial charge >= 0.3 is 0 Å². The number of thioether (sulfide) groups is 1. The third kappa shape index (κ3) is 3.13. The molecule has 2 aliphatic rings. The largest absolute Gasteiger partial charge is 0.342 e. The van der Waals surface area contributed by atoms with Crippen molar-refractivity contribution in [3.05, 3.63) is 35.9 Å². The minimum Gasteiger partial charge on any atom is -0.342 e. The Kier molecular flexibility index (Phi) is 3.79. The normalized spacial score (nSPS) is 28.8. The van der Waals surface area contributed by atoms with Crippen LogP contribution in [0.4, 0.5) is 0 Å². The number of carbonyl (C=O) groups is 1. The van der Waals surface area contributed by atoms with Gasteiger partial charge in [-0.2, -0.15) is 4.99 Å². The second-order valence-electron chi connectivity index (χ2n) is 5.33. The van der Waals surface area contributed by atoms with Gasteiger partial charge in [0.2, 0.25) is 5.91 Å². The third-order valence-electron chi connectivity index (χ3n) is 3.62. The zero-order chi connectivity index (χ0) is 15.0. The topological polar surface area (TPSA) is 66.8 Å². The minimum atomic E-state index is -2.99. The standard InChI is InChI=1S/C14H16N2O3S2/c1-10(17)15-14-16(7-11-5-3-2-4-6-11)12-8-21(18,19)9-13(12)20-14/h2-6,12-13H,7-9H2,1H3/t12-,13-/m0/s1. The van der Waals surface area contributed by atoms with Crippen molar-refractivity contribution in [1.29, 1.82) is 0 Å². The quantitative estimate of drug-likeness (QED) is 0.820. The zero-order valence-corrected chi connectivity index (χ0v) is 13.2. The molecule has 7 heteroatoms. The van der Waals surface area contributed by atoms with Crippen LogP contribution in [0.5, 0.6) is 0 Å². The fraction of sp³-hybridized carbons (Fsp3) is 0.429. The van der Waals surface area contributed by atoms with Crippen molar-refractivity contribution in [3.8, 4) is 0 Å². The average Bonchev–Trinajstić information content (AvgIpc) is 2.84. The number of hydrogen-bond acceptors (Lipinski definition) is 4. The molecule has 2 fully saturated rings. The van der Waals surface area contributed by atoms with Gasteiger partial charge in [-0.1, -0.05) is 42.1 Å². The van der Waals surface area contributed by atoms with Gasteiger partial charge < -0.3 is 4.90 Å². The van der Waals surface area contributed by atoms with Crippen LogP contribution >= 0.6 is 11.8 Å². The predicted octanol–water partition coefficient (Wildman–Crippen LogP) is 1.30. The van der Waals surface area contributed by atoms with E-state index in [-0.39, 0.29) is 28.7 Å². The van der Waals surface area contributed by atoms with E-state index in [1.165, 1.54) is 18.7 Å². The molecule has 0 bridgehead atoms. The van der Waals surface area contributed by atoms with Gasteiger partial charge in [0, 0.05) is 18.7 Å². The molecule has 112 valence electrons. The Morgan fingerprint density at radius 1 is 1.33 bits per heavy atom. The average molecular weight is 324 g/mol. The van der Waals surface area contributed by atoms with Crippen molar-refractivity contribution in [2.45, 2.75) is 24.8 Å². The molecule has 2 saturated heterocycles. The van der Waals surface area contributed by atoms with Crippen LogP contribution in [0.15, 0.2) is 35.3 Å². The number of amidine groups is 1. The van der Waals surface area contributed by atoms with E-state index >= 15 is 0 Å². The second kappa shape index (κ2) is 5.46. The van der Waals surface area contributed by atoms with Gasteiger partial charge in [0.1, 0.15) is 0 Å². The Balaban J connectivity index is 1.90. The number of hydrogen-bond donors (Lipinski definition) is 0. The van der Waals surface area contributed by atoms with Gasteiger partial charge in [-0.3, -0.25) is 4.79 Å². The van der Waals surface area contributed by atoms with E-state index in [0.717, 1.165) is 5.56 Å². The molecule has 0 N–H and O–H groups in total. The smallest absolute Gasteiger partial charge is 0.244 e. The molecular weight excluding hydrogens is 308 g/mol. The lowest BCUT2D eigenvalue weighted by molar-refractivity contribution is -0.115. The van der Waals surface area contributed by atoms with E-state index in [2.05, 4.69) is 4.99 Å². The van der Waals surface area contributed by atoms with Crippen molar-refractivity contribution in [1.82, 2.24) is 4.90 Å². The Morgan fingerprint density at radius 3 is 2.71 bits per heavy atom. The van der Waals surface area contributed by atoms with E-state index in [0.29, 0.717) is 11.7 Å². The molecule has 2 atom stereocenters. The van der Waals surface area contributed by atoms with Gasteiger partial charge in [-0.05, 0) is 5.56 Å². The van der Waals surface area contributed by atoms with E-state index in [9.17, 15) is 13.2 Å². The number of rotatable bonds is 2. The van der Waals surface area contributed by atoms with E-state index in [1.807, 2.05) is 35.2 Å². The van der Waals surface area contributed by atoms with Crippen molar-refractivity contribution < 1.29 is 13.2 Å². The Labute approximate surface area is 128 Å². The molecule has 21 heavy (non-hydrogen) atoms. The molecule has 0 radical (unpaired) electrons. The number of benzene rings is 1. The van der Waals surface area contributed by atoms with Gasteiger partial charge in [-0.25, -0.2) is 8.42 Å². The lowest BCUT2D eigenvalue weighted by atomic mass is 10.1. The van der Waals surface area contributed by atoms with E-state index in [4.69, 9.17) is 0 Å². The summed E-state index contributed by atoms with van der Waals surface area (Å²) < 4.78 is 23.6. The lowest BCUT2D eigenvalue weighted by Crippen LogP contribution is -2.37. The van der Waals surface area contributed by atoms with Crippen LogP contribution in [0, 0.1) is 0 Å². The molecular formula is C14H16N2O3S2. The van der Waals surface area contributed by atoms with E-state index in [1.54, 1.807) is 0 Å². The number of fused-ring (bicyclic) bond motifs is 1.